The van der Waals surface area contributed by atoms with Gasteiger partial charge in [0.25, 0.3) is 0 Å². The van der Waals surface area contributed by atoms with Crippen LogP contribution < -0.4 is 16.1 Å². The summed E-state index contributed by atoms with van der Waals surface area (Å²) in [5.41, 5.74) is 4.37. The van der Waals surface area contributed by atoms with Crippen molar-refractivity contribution in [2.75, 3.05) is 31.1 Å². The van der Waals surface area contributed by atoms with E-state index in [0.717, 1.165) is 24.6 Å². The average Bonchev–Trinajstić information content (AvgIpc) is 3.59. The van der Waals surface area contributed by atoms with Crippen molar-refractivity contribution in [3.63, 3.8) is 0 Å². The van der Waals surface area contributed by atoms with Gasteiger partial charge in [0.2, 0.25) is 5.43 Å². The molecular weight excluding hydrogens is 422 g/mol. The smallest absolute Gasteiger partial charge is 0.341 e. The van der Waals surface area contributed by atoms with Crippen LogP contribution in [0.2, 0.25) is 0 Å². The number of oxime groups is 1. The van der Waals surface area contributed by atoms with E-state index in [1.165, 1.54) is 10.8 Å². The fourth-order valence-corrected chi connectivity index (χ4v) is 4.32. The van der Waals surface area contributed by atoms with Gasteiger partial charge in [0.1, 0.15) is 23.7 Å². The number of carbonyl (C=O) groups is 1. The lowest BCUT2D eigenvalue weighted by Gasteiger charge is -2.41. The number of hydrogen-bond donors (Lipinski definition) is 2. The van der Waals surface area contributed by atoms with Gasteiger partial charge in [-0.05, 0) is 25.8 Å². The highest BCUT2D eigenvalue weighted by atomic mass is 19.1. The fraction of sp³-hybridized carbons (Fsp3) is 0.500. The van der Waals surface area contributed by atoms with Crippen molar-refractivity contribution in [1.82, 2.24) is 4.57 Å². The van der Waals surface area contributed by atoms with E-state index in [0.29, 0.717) is 19.6 Å². The number of hydrogen-bond acceptors (Lipinski definition) is 6. The largest absolute Gasteiger partial charge is 0.477 e. The maximum absolute atomic E-state index is 15.9. The Morgan fingerprint density at radius 3 is 2.72 bits per heavy atom. The van der Waals surface area contributed by atoms with E-state index < -0.39 is 34.0 Å². The molecule has 1 aromatic carbocycles. The number of pyridine rings is 1. The summed E-state index contributed by atoms with van der Waals surface area (Å²) in [6.07, 6.45) is 3.05. The first-order valence-electron chi connectivity index (χ1n) is 10.7. The van der Waals surface area contributed by atoms with Gasteiger partial charge in [-0.1, -0.05) is 12.1 Å². The predicted octanol–water partition coefficient (Wildman–Crippen LogP) is 2.88. The van der Waals surface area contributed by atoms with Gasteiger partial charge >= 0.3 is 5.97 Å². The Morgan fingerprint density at radius 1 is 1.41 bits per heavy atom. The van der Waals surface area contributed by atoms with Crippen molar-refractivity contribution < 1.29 is 23.5 Å². The number of carboxylic acid groups (broad SMARTS) is 1. The zero-order valence-electron chi connectivity index (χ0n) is 18.0. The summed E-state index contributed by atoms with van der Waals surface area (Å²) in [6.45, 7) is 4.80. The fourth-order valence-electron chi connectivity index (χ4n) is 4.32. The number of aromatic nitrogens is 1. The molecule has 1 saturated heterocycles. The molecule has 2 fully saturated rings. The van der Waals surface area contributed by atoms with Gasteiger partial charge in [0.05, 0.1) is 16.6 Å². The Hall–Kier alpha value is -3.01. The molecule has 0 bridgehead atoms. The molecule has 1 saturated carbocycles. The van der Waals surface area contributed by atoms with Crippen LogP contribution in [-0.4, -0.2) is 47.6 Å². The summed E-state index contributed by atoms with van der Waals surface area (Å²) in [5.74, 6) is -3.21. The van der Waals surface area contributed by atoms with Crippen molar-refractivity contribution in [2.45, 2.75) is 39.2 Å². The Labute approximate surface area is 183 Å². The summed E-state index contributed by atoms with van der Waals surface area (Å²) in [7, 11) is 0. The Morgan fingerprint density at radius 2 is 2.12 bits per heavy atom. The first-order chi connectivity index (χ1) is 15.2. The Bertz CT molecular complexity index is 1170. The van der Waals surface area contributed by atoms with Gasteiger partial charge in [0.15, 0.2) is 5.82 Å². The maximum Gasteiger partial charge on any atom is 0.341 e. The van der Waals surface area contributed by atoms with Gasteiger partial charge in [-0.15, -0.1) is 0 Å². The molecule has 0 amide bonds. The number of aromatic carboxylic acids is 1. The molecule has 32 heavy (non-hydrogen) atoms. The van der Waals surface area contributed by atoms with Crippen LogP contribution in [0.5, 0.6) is 0 Å². The average molecular weight is 448 g/mol. The van der Waals surface area contributed by atoms with Crippen molar-refractivity contribution >= 4 is 28.3 Å². The number of fused-ring (bicyclic) bond motifs is 1. The van der Waals surface area contributed by atoms with Crippen LogP contribution in [0.4, 0.5) is 14.5 Å². The van der Waals surface area contributed by atoms with Gasteiger partial charge in [-0.25, -0.2) is 13.6 Å². The molecule has 0 spiro atoms. The molecule has 1 atom stereocenters. The minimum absolute atomic E-state index is 0.0675. The predicted molar refractivity (Wildman–Crippen MR) is 116 cm³/mol. The number of halogens is 2. The zero-order chi connectivity index (χ0) is 23.2. The molecule has 3 N–H and O–H groups in total. The molecule has 0 radical (unpaired) electrons. The van der Waals surface area contributed by atoms with Crippen LogP contribution in [0.25, 0.3) is 10.9 Å². The van der Waals surface area contributed by atoms with Crippen LogP contribution in [0.15, 0.2) is 22.2 Å². The summed E-state index contributed by atoms with van der Waals surface area (Å²) < 4.78 is 32.5. The first kappa shape index (κ1) is 22.2. The highest BCUT2D eigenvalue weighted by Gasteiger charge is 2.39. The molecule has 1 aromatic heterocycles. The standard InChI is InChI=1S/C22H26F2N4O4/c1-3-32-26-16-6-7-27(11-22(16,2)10-25)19-15(23)8-13-18(17(19)24)28(12-4-5-12)9-14(20(13)29)21(30)31/h8-9,12H,3-7,10-11,25H2,1-2H3,(H,30,31)/b26-16+. The maximum atomic E-state index is 15.9. The number of carboxylic acids is 1. The van der Waals surface area contributed by atoms with Crippen LogP contribution in [0.3, 0.4) is 0 Å². The van der Waals surface area contributed by atoms with E-state index in [2.05, 4.69) is 5.16 Å². The zero-order valence-corrected chi connectivity index (χ0v) is 18.0. The van der Waals surface area contributed by atoms with E-state index in [1.807, 2.05) is 13.8 Å². The molecule has 10 heteroatoms. The second-order valence-corrected chi connectivity index (χ2v) is 8.62. The number of rotatable bonds is 6. The van der Waals surface area contributed by atoms with Crippen molar-refractivity contribution in [3.05, 3.63) is 39.7 Å². The lowest BCUT2D eigenvalue weighted by Crippen LogP contribution is -2.52. The molecular formula is C22H26F2N4O4. The quantitative estimate of drug-likeness (QED) is 0.658. The lowest BCUT2D eigenvalue weighted by molar-refractivity contribution is 0.0694. The molecule has 2 aliphatic rings. The molecule has 1 unspecified atom stereocenters. The van der Waals surface area contributed by atoms with Gasteiger partial charge in [-0.2, -0.15) is 0 Å². The van der Waals surface area contributed by atoms with E-state index in [-0.39, 0.29) is 35.7 Å². The monoisotopic (exact) mass is 448 g/mol. The first-order valence-corrected chi connectivity index (χ1v) is 10.7. The third kappa shape index (κ3) is 3.62. The number of nitrogens with two attached hydrogens (primary N) is 1. The molecule has 2 aromatic rings. The normalized spacial score (nSPS) is 22.5. The van der Waals surface area contributed by atoms with Crippen LogP contribution >= 0.6 is 0 Å². The minimum atomic E-state index is -1.42. The van der Waals surface area contributed by atoms with Crippen molar-refractivity contribution in [2.24, 2.45) is 16.3 Å². The van der Waals surface area contributed by atoms with E-state index in [1.54, 1.807) is 4.90 Å². The SMILES string of the molecule is CCO/N=C1\CCN(c2c(F)cc3c(=O)c(C(=O)O)cn(C4CC4)c3c2F)CC1(C)CN. The second-order valence-electron chi connectivity index (χ2n) is 8.62. The summed E-state index contributed by atoms with van der Waals surface area (Å²) in [5, 5.41) is 13.3. The second kappa shape index (κ2) is 8.16. The third-order valence-electron chi connectivity index (χ3n) is 6.28. The third-order valence-corrected chi connectivity index (χ3v) is 6.28. The Balaban J connectivity index is 1.86. The van der Waals surface area contributed by atoms with E-state index in [9.17, 15) is 14.7 Å². The van der Waals surface area contributed by atoms with Gasteiger partial charge in [-0.3, -0.25) is 4.79 Å². The number of piperidine rings is 1. The summed E-state index contributed by atoms with van der Waals surface area (Å²) in [6, 6.07) is 0.829. The molecule has 1 aliphatic heterocycles. The minimum Gasteiger partial charge on any atom is -0.477 e. The lowest BCUT2D eigenvalue weighted by atomic mass is 9.79. The van der Waals surface area contributed by atoms with Crippen molar-refractivity contribution in [1.29, 1.82) is 0 Å². The molecule has 2 heterocycles. The number of anilines is 1. The topological polar surface area (TPSA) is 110 Å². The molecule has 8 nitrogen and oxygen atoms in total. The van der Waals surface area contributed by atoms with Crippen molar-refractivity contribution in [3.8, 4) is 0 Å². The highest BCUT2D eigenvalue weighted by Crippen LogP contribution is 2.40. The van der Waals surface area contributed by atoms with Crippen LogP contribution in [0.1, 0.15) is 49.5 Å². The summed E-state index contributed by atoms with van der Waals surface area (Å²) >= 11 is 0. The van der Waals surface area contributed by atoms with Crippen LogP contribution in [-0.2, 0) is 4.84 Å². The number of nitrogens with zero attached hydrogens (tertiary/aromatic N) is 3. The summed E-state index contributed by atoms with van der Waals surface area (Å²) in [4.78, 5) is 30.9. The Kier molecular flexibility index (Phi) is 5.66. The number of benzene rings is 1. The van der Waals surface area contributed by atoms with E-state index in [4.69, 9.17) is 10.6 Å². The van der Waals surface area contributed by atoms with Gasteiger partial charge in [0, 0.05) is 43.7 Å². The van der Waals surface area contributed by atoms with Crippen LogP contribution in [0, 0.1) is 17.0 Å². The van der Waals surface area contributed by atoms with Gasteiger partial charge < -0.3 is 25.1 Å². The molecule has 4 rings (SSSR count). The molecule has 172 valence electrons. The molecule has 1 aliphatic carbocycles. The van der Waals surface area contributed by atoms with E-state index >= 15 is 8.78 Å². The highest BCUT2D eigenvalue weighted by molar-refractivity contribution is 5.95.